The maximum Gasteiger partial charge on any atom is 0.321 e. The molecule has 1 heterocycles. The van der Waals surface area contributed by atoms with Crippen molar-refractivity contribution in [2.75, 3.05) is 31.5 Å². The van der Waals surface area contributed by atoms with Crippen LogP contribution < -0.4 is 5.32 Å². The standard InChI is InChI=1S/C12H14ClN3O2/c13-10-1-3-11(4-2-10)14-12(18)16-7-5-15(9-17)6-8-16/h1-4,9H,5-8H2,(H,14,18). The van der Waals surface area contributed by atoms with Gasteiger partial charge in [-0.05, 0) is 24.3 Å². The molecule has 0 unspecified atom stereocenters. The van der Waals surface area contributed by atoms with Crippen LogP contribution in [-0.4, -0.2) is 48.4 Å². The number of amides is 3. The third-order valence-electron chi connectivity index (χ3n) is 2.85. The van der Waals surface area contributed by atoms with E-state index in [-0.39, 0.29) is 6.03 Å². The summed E-state index contributed by atoms with van der Waals surface area (Å²) in [5.41, 5.74) is 0.710. The summed E-state index contributed by atoms with van der Waals surface area (Å²) in [5.74, 6) is 0. The van der Waals surface area contributed by atoms with Crippen molar-refractivity contribution in [2.24, 2.45) is 0 Å². The second kappa shape index (κ2) is 5.73. The maximum atomic E-state index is 11.9. The van der Waals surface area contributed by atoms with Crippen LogP contribution in [0.5, 0.6) is 0 Å². The zero-order valence-corrected chi connectivity index (χ0v) is 10.6. The van der Waals surface area contributed by atoms with Gasteiger partial charge in [-0.1, -0.05) is 11.6 Å². The number of carbonyl (C=O) groups is 2. The lowest BCUT2D eigenvalue weighted by Gasteiger charge is -2.32. The number of carbonyl (C=O) groups excluding carboxylic acids is 2. The van der Waals surface area contributed by atoms with Gasteiger partial charge in [-0.3, -0.25) is 4.79 Å². The summed E-state index contributed by atoms with van der Waals surface area (Å²) in [6, 6.07) is 6.80. The number of urea groups is 1. The van der Waals surface area contributed by atoms with Gasteiger partial charge in [0.15, 0.2) is 0 Å². The van der Waals surface area contributed by atoms with Gasteiger partial charge in [-0.15, -0.1) is 0 Å². The zero-order chi connectivity index (χ0) is 13.0. The lowest BCUT2D eigenvalue weighted by atomic mass is 10.3. The highest BCUT2D eigenvalue weighted by molar-refractivity contribution is 6.30. The molecule has 1 N–H and O–H groups in total. The first-order chi connectivity index (χ1) is 8.69. The molecular formula is C12H14ClN3O2. The second-order valence-electron chi connectivity index (χ2n) is 4.07. The summed E-state index contributed by atoms with van der Waals surface area (Å²) in [6.45, 7) is 2.27. The summed E-state index contributed by atoms with van der Waals surface area (Å²) in [4.78, 5) is 25.8. The van der Waals surface area contributed by atoms with E-state index >= 15 is 0 Å². The van der Waals surface area contributed by atoms with Crippen molar-refractivity contribution >= 4 is 29.7 Å². The van der Waals surface area contributed by atoms with Gasteiger partial charge in [0.25, 0.3) is 0 Å². The topological polar surface area (TPSA) is 52.7 Å². The van der Waals surface area contributed by atoms with Crippen LogP contribution in [0.4, 0.5) is 10.5 Å². The molecule has 1 aliphatic heterocycles. The summed E-state index contributed by atoms with van der Waals surface area (Å²) in [7, 11) is 0. The number of hydrogen-bond acceptors (Lipinski definition) is 2. The number of halogens is 1. The summed E-state index contributed by atoms with van der Waals surface area (Å²) in [6.07, 6.45) is 0.814. The van der Waals surface area contributed by atoms with Crippen LogP contribution in [0.1, 0.15) is 0 Å². The molecule has 5 nitrogen and oxygen atoms in total. The summed E-state index contributed by atoms with van der Waals surface area (Å²) in [5, 5.41) is 3.43. The SMILES string of the molecule is O=CN1CCN(C(=O)Nc2ccc(Cl)cc2)CC1. The Balaban J connectivity index is 1.88. The first kappa shape index (κ1) is 12.7. The summed E-state index contributed by atoms with van der Waals surface area (Å²) < 4.78 is 0. The molecule has 1 saturated heterocycles. The van der Waals surface area contributed by atoms with Gasteiger partial charge >= 0.3 is 6.03 Å². The van der Waals surface area contributed by atoms with Gasteiger partial charge in [-0.25, -0.2) is 4.79 Å². The van der Waals surface area contributed by atoms with E-state index in [0.717, 1.165) is 6.41 Å². The van der Waals surface area contributed by atoms with E-state index in [1.807, 2.05) is 0 Å². The monoisotopic (exact) mass is 267 g/mol. The highest BCUT2D eigenvalue weighted by Gasteiger charge is 2.19. The first-order valence-electron chi connectivity index (χ1n) is 5.70. The highest BCUT2D eigenvalue weighted by Crippen LogP contribution is 2.14. The fourth-order valence-corrected chi connectivity index (χ4v) is 1.89. The molecule has 0 aliphatic carbocycles. The Bertz CT molecular complexity index is 427. The molecular weight excluding hydrogens is 254 g/mol. The zero-order valence-electron chi connectivity index (χ0n) is 9.80. The molecule has 0 saturated carbocycles. The molecule has 0 spiro atoms. The normalized spacial score (nSPS) is 15.4. The van der Waals surface area contributed by atoms with Crippen LogP contribution in [0, 0.1) is 0 Å². The van der Waals surface area contributed by atoms with E-state index < -0.39 is 0 Å². The number of rotatable bonds is 2. The van der Waals surface area contributed by atoms with Crippen LogP contribution >= 0.6 is 11.6 Å². The predicted octanol–water partition coefficient (Wildman–Crippen LogP) is 1.65. The predicted molar refractivity (Wildman–Crippen MR) is 69.7 cm³/mol. The van der Waals surface area contributed by atoms with E-state index in [2.05, 4.69) is 5.32 Å². The minimum Gasteiger partial charge on any atom is -0.342 e. The minimum absolute atomic E-state index is 0.150. The van der Waals surface area contributed by atoms with Crippen LogP contribution in [0.2, 0.25) is 5.02 Å². The quantitative estimate of drug-likeness (QED) is 0.829. The van der Waals surface area contributed by atoms with Crippen LogP contribution in [0.15, 0.2) is 24.3 Å². The molecule has 0 aromatic heterocycles. The van der Waals surface area contributed by atoms with Gasteiger partial charge < -0.3 is 15.1 Å². The van der Waals surface area contributed by atoms with E-state index in [9.17, 15) is 9.59 Å². The molecule has 1 fully saturated rings. The number of nitrogens with one attached hydrogen (secondary N) is 1. The number of hydrogen-bond donors (Lipinski definition) is 1. The molecule has 1 aliphatic rings. The van der Waals surface area contributed by atoms with Crippen LogP contribution in [0.25, 0.3) is 0 Å². The Labute approximate surface area is 110 Å². The number of anilines is 1. The maximum absolute atomic E-state index is 11.9. The average molecular weight is 268 g/mol. The molecule has 18 heavy (non-hydrogen) atoms. The van der Waals surface area contributed by atoms with Gasteiger partial charge in [0.05, 0.1) is 0 Å². The minimum atomic E-state index is -0.150. The van der Waals surface area contributed by atoms with Crippen LogP contribution in [0.3, 0.4) is 0 Å². The van der Waals surface area contributed by atoms with Crippen molar-refractivity contribution in [2.45, 2.75) is 0 Å². The molecule has 0 radical (unpaired) electrons. The molecule has 1 aromatic rings. The van der Waals surface area contributed by atoms with E-state index in [1.165, 1.54) is 0 Å². The third-order valence-corrected chi connectivity index (χ3v) is 3.10. The van der Waals surface area contributed by atoms with E-state index in [4.69, 9.17) is 11.6 Å². The second-order valence-corrected chi connectivity index (χ2v) is 4.50. The van der Waals surface area contributed by atoms with Gasteiger partial charge in [0, 0.05) is 36.9 Å². The largest absolute Gasteiger partial charge is 0.342 e. The van der Waals surface area contributed by atoms with Gasteiger partial charge in [0.1, 0.15) is 0 Å². The molecule has 1 aromatic carbocycles. The summed E-state index contributed by atoms with van der Waals surface area (Å²) >= 11 is 5.77. The Morgan fingerprint density at radius 2 is 1.78 bits per heavy atom. The van der Waals surface area contributed by atoms with Crippen molar-refractivity contribution in [3.63, 3.8) is 0 Å². The fourth-order valence-electron chi connectivity index (χ4n) is 1.77. The molecule has 6 heteroatoms. The van der Waals surface area contributed by atoms with Crippen molar-refractivity contribution in [1.29, 1.82) is 0 Å². The third kappa shape index (κ3) is 3.13. The highest BCUT2D eigenvalue weighted by atomic mass is 35.5. The lowest BCUT2D eigenvalue weighted by molar-refractivity contribution is -0.119. The van der Waals surface area contributed by atoms with Gasteiger partial charge in [-0.2, -0.15) is 0 Å². The first-order valence-corrected chi connectivity index (χ1v) is 6.07. The number of piperazine rings is 1. The Morgan fingerprint density at radius 3 is 2.33 bits per heavy atom. The Hall–Kier alpha value is -1.75. The smallest absolute Gasteiger partial charge is 0.321 e. The molecule has 96 valence electrons. The van der Waals surface area contributed by atoms with E-state index in [1.54, 1.807) is 34.1 Å². The lowest BCUT2D eigenvalue weighted by Crippen LogP contribution is -2.49. The Kier molecular flexibility index (Phi) is 4.04. The van der Waals surface area contributed by atoms with Crippen molar-refractivity contribution < 1.29 is 9.59 Å². The molecule has 0 bridgehead atoms. The number of benzene rings is 1. The Morgan fingerprint density at radius 1 is 1.17 bits per heavy atom. The molecule has 0 atom stereocenters. The van der Waals surface area contributed by atoms with Crippen molar-refractivity contribution in [3.05, 3.63) is 29.3 Å². The van der Waals surface area contributed by atoms with Crippen LogP contribution in [-0.2, 0) is 4.79 Å². The van der Waals surface area contributed by atoms with Crippen molar-refractivity contribution in [1.82, 2.24) is 9.80 Å². The van der Waals surface area contributed by atoms with Crippen molar-refractivity contribution in [3.8, 4) is 0 Å². The molecule has 2 rings (SSSR count). The fraction of sp³-hybridized carbons (Fsp3) is 0.333. The molecule has 3 amide bonds. The van der Waals surface area contributed by atoms with Gasteiger partial charge in [0.2, 0.25) is 6.41 Å². The number of nitrogens with zero attached hydrogens (tertiary/aromatic N) is 2. The average Bonchev–Trinajstić information content (AvgIpc) is 2.41. The van der Waals surface area contributed by atoms with E-state index in [0.29, 0.717) is 36.9 Å².